The number of alkyl halides is 1. The lowest BCUT2D eigenvalue weighted by Gasteiger charge is -2.22. The number of hydrogen-bond donors (Lipinski definition) is 2. The minimum Gasteiger partial charge on any atom is -0.396 e. The molecule has 0 aromatic carbocycles. The topological polar surface area (TPSA) is 40.5 Å². The molecule has 0 aromatic rings. The number of aliphatic hydroxyl groups is 2. The molecule has 0 radical (unpaired) electrons. The Morgan fingerprint density at radius 2 is 2.00 bits per heavy atom. The SMILES string of the molecule is OCC1(CO)CC[C@@H](Br)C1. The molecule has 1 fully saturated rings. The Balaban J connectivity index is 2.51. The van der Waals surface area contributed by atoms with Crippen LogP contribution in [0.25, 0.3) is 0 Å². The van der Waals surface area contributed by atoms with Crippen LogP contribution in [0.2, 0.25) is 0 Å². The van der Waals surface area contributed by atoms with Gasteiger partial charge >= 0.3 is 0 Å². The molecule has 2 N–H and O–H groups in total. The normalized spacial score (nSPS) is 30.9. The number of hydrogen-bond acceptors (Lipinski definition) is 2. The van der Waals surface area contributed by atoms with Gasteiger partial charge in [0.1, 0.15) is 0 Å². The lowest BCUT2D eigenvalue weighted by Crippen LogP contribution is -2.26. The van der Waals surface area contributed by atoms with E-state index in [0.717, 1.165) is 19.3 Å². The molecule has 1 aliphatic rings. The van der Waals surface area contributed by atoms with Crippen molar-refractivity contribution >= 4 is 15.9 Å². The lowest BCUT2D eigenvalue weighted by atomic mass is 9.89. The van der Waals surface area contributed by atoms with Crippen molar-refractivity contribution in [2.24, 2.45) is 5.41 Å². The van der Waals surface area contributed by atoms with Gasteiger partial charge in [-0.05, 0) is 19.3 Å². The average Bonchev–Trinajstić information content (AvgIpc) is 2.33. The van der Waals surface area contributed by atoms with Gasteiger partial charge in [-0.1, -0.05) is 15.9 Å². The molecule has 0 saturated heterocycles. The molecule has 0 unspecified atom stereocenters. The third-order valence-electron chi connectivity index (χ3n) is 2.31. The Morgan fingerprint density at radius 3 is 2.20 bits per heavy atom. The predicted molar refractivity (Wildman–Crippen MR) is 43.2 cm³/mol. The van der Waals surface area contributed by atoms with Gasteiger partial charge in [0.25, 0.3) is 0 Å². The molecule has 0 aliphatic heterocycles. The second-order valence-electron chi connectivity index (χ2n) is 3.16. The smallest absolute Gasteiger partial charge is 0.0509 e. The van der Waals surface area contributed by atoms with E-state index in [2.05, 4.69) is 15.9 Å². The van der Waals surface area contributed by atoms with Gasteiger partial charge in [-0.15, -0.1) is 0 Å². The highest BCUT2D eigenvalue weighted by Crippen LogP contribution is 2.40. The van der Waals surface area contributed by atoms with Crippen LogP contribution in [0.15, 0.2) is 0 Å². The third kappa shape index (κ3) is 1.52. The molecular weight excluding hydrogens is 196 g/mol. The second-order valence-corrected chi connectivity index (χ2v) is 4.45. The third-order valence-corrected chi connectivity index (χ3v) is 3.09. The van der Waals surface area contributed by atoms with Gasteiger partial charge in [0.15, 0.2) is 0 Å². The summed E-state index contributed by atoms with van der Waals surface area (Å²) in [6.45, 7) is 0.233. The van der Waals surface area contributed by atoms with Crippen molar-refractivity contribution in [2.75, 3.05) is 13.2 Å². The quantitative estimate of drug-likeness (QED) is 0.663. The summed E-state index contributed by atoms with van der Waals surface area (Å²) in [5.41, 5.74) is -0.186. The highest BCUT2D eigenvalue weighted by atomic mass is 79.9. The molecule has 3 heteroatoms. The van der Waals surface area contributed by atoms with Gasteiger partial charge in [0.05, 0.1) is 13.2 Å². The molecular formula is C7H13BrO2. The number of aliphatic hydroxyl groups excluding tert-OH is 2. The largest absolute Gasteiger partial charge is 0.396 e. The fourth-order valence-electron chi connectivity index (χ4n) is 1.47. The van der Waals surface area contributed by atoms with E-state index in [4.69, 9.17) is 10.2 Å². The van der Waals surface area contributed by atoms with E-state index < -0.39 is 0 Å². The molecule has 0 amide bonds. The first kappa shape index (κ1) is 8.50. The van der Waals surface area contributed by atoms with E-state index >= 15 is 0 Å². The number of rotatable bonds is 2. The van der Waals surface area contributed by atoms with Crippen LogP contribution in [0.1, 0.15) is 19.3 Å². The molecule has 0 bridgehead atoms. The molecule has 60 valence electrons. The highest BCUT2D eigenvalue weighted by molar-refractivity contribution is 9.09. The van der Waals surface area contributed by atoms with Crippen molar-refractivity contribution in [3.63, 3.8) is 0 Å². The Labute approximate surface area is 69.4 Å². The van der Waals surface area contributed by atoms with Crippen LogP contribution in [-0.2, 0) is 0 Å². The number of halogens is 1. The fourth-order valence-corrected chi connectivity index (χ4v) is 2.39. The van der Waals surface area contributed by atoms with Gasteiger partial charge in [0.2, 0.25) is 0 Å². The minimum atomic E-state index is -0.186. The molecule has 0 aromatic heterocycles. The Hall–Kier alpha value is 0.400. The maximum atomic E-state index is 8.95. The highest BCUT2D eigenvalue weighted by Gasteiger charge is 2.36. The molecule has 2 nitrogen and oxygen atoms in total. The second kappa shape index (κ2) is 3.20. The maximum absolute atomic E-state index is 8.95. The van der Waals surface area contributed by atoms with E-state index in [1.54, 1.807) is 0 Å². The summed E-state index contributed by atoms with van der Waals surface area (Å²) < 4.78 is 0. The van der Waals surface area contributed by atoms with Gasteiger partial charge in [-0.25, -0.2) is 0 Å². The molecule has 1 atom stereocenters. The summed E-state index contributed by atoms with van der Waals surface area (Å²) in [5.74, 6) is 0. The summed E-state index contributed by atoms with van der Waals surface area (Å²) in [4.78, 5) is 0.492. The molecule has 10 heavy (non-hydrogen) atoms. The van der Waals surface area contributed by atoms with Crippen LogP contribution >= 0.6 is 15.9 Å². The Kier molecular flexibility index (Phi) is 2.72. The molecule has 0 spiro atoms. The van der Waals surface area contributed by atoms with Gasteiger partial charge in [-0.3, -0.25) is 0 Å². The molecule has 1 aliphatic carbocycles. The van der Waals surface area contributed by atoms with E-state index in [9.17, 15) is 0 Å². The van der Waals surface area contributed by atoms with E-state index in [-0.39, 0.29) is 18.6 Å². The zero-order valence-corrected chi connectivity index (χ0v) is 7.47. The van der Waals surface area contributed by atoms with Gasteiger partial charge in [-0.2, -0.15) is 0 Å². The van der Waals surface area contributed by atoms with Gasteiger partial charge < -0.3 is 10.2 Å². The molecule has 1 rings (SSSR count). The van der Waals surface area contributed by atoms with Crippen molar-refractivity contribution in [3.05, 3.63) is 0 Å². The van der Waals surface area contributed by atoms with Crippen molar-refractivity contribution in [3.8, 4) is 0 Å². The minimum absolute atomic E-state index is 0.117. The zero-order chi connectivity index (χ0) is 7.61. The van der Waals surface area contributed by atoms with Gasteiger partial charge in [0, 0.05) is 10.2 Å². The molecule has 0 heterocycles. The van der Waals surface area contributed by atoms with Crippen LogP contribution in [0.3, 0.4) is 0 Å². The summed E-state index contributed by atoms with van der Waals surface area (Å²) >= 11 is 3.47. The van der Waals surface area contributed by atoms with Crippen molar-refractivity contribution in [1.29, 1.82) is 0 Å². The predicted octanol–water partition coefficient (Wildman–Crippen LogP) is 0.905. The lowest BCUT2D eigenvalue weighted by molar-refractivity contribution is 0.0610. The summed E-state index contributed by atoms with van der Waals surface area (Å²) in [6, 6.07) is 0. The van der Waals surface area contributed by atoms with E-state index in [1.807, 2.05) is 0 Å². The Morgan fingerprint density at radius 1 is 1.40 bits per heavy atom. The van der Waals surface area contributed by atoms with Crippen molar-refractivity contribution in [1.82, 2.24) is 0 Å². The summed E-state index contributed by atoms with van der Waals surface area (Å²) in [7, 11) is 0. The van der Waals surface area contributed by atoms with Crippen LogP contribution in [0.5, 0.6) is 0 Å². The van der Waals surface area contributed by atoms with Crippen molar-refractivity contribution in [2.45, 2.75) is 24.1 Å². The summed E-state index contributed by atoms with van der Waals surface area (Å²) in [5, 5.41) is 17.9. The van der Waals surface area contributed by atoms with E-state index in [0.29, 0.717) is 4.83 Å². The first-order valence-electron chi connectivity index (χ1n) is 3.58. The van der Waals surface area contributed by atoms with Crippen LogP contribution in [-0.4, -0.2) is 28.3 Å². The average molecular weight is 209 g/mol. The monoisotopic (exact) mass is 208 g/mol. The molecule has 1 saturated carbocycles. The maximum Gasteiger partial charge on any atom is 0.0509 e. The van der Waals surface area contributed by atoms with Crippen LogP contribution in [0.4, 0.5) is 0 Å². The van der Waals surface area contributed by atoms with Crippen molar-refractivity contribution < 1.29 is 10.2 Å². The first-order valence-corrected chi connectivity index (χ1v) is 4.50. The fraction of sp³-hybridized carbons (Fsp3) is 1.00. The first-order chi connectivity index (χ1) is 4.72. The van der Waals surface area contributed by atoms with Crippen LogP contribution < -0.4 is 0 Å². The van der Waals surface area contributed by atoms with Crippen LogP contribution in [0, 0.1) is 5.41 Å². The zero-order valence-electron chi connectivity index (χ0n) is 5.89. The summed E-state index contributed by atoms with van der Waals surface area (Å²) in [6.07, 6.45) is 2.91. The van der Waals surface area contributed by atoms with E-state index in [1.165, 1.54) is 0 Å². The standard InChI is InChI=1S/C7H13BrO2/c8-6-1-2-7(3-6,4-9)5-10/h6,9-10H,1-5H2/t6-/m1/s1. The Bertz CT molecular complexity index is 112.